The van der Waals surface area contributed by atoms with Crippen LogP contribution in [0.3, 0.4) is 0 Å². The highest BCUT2D eigenvalue weighted by Gasteiger charge is 2.07. The third kappa shape index (κ3) is 6.55. The Kier molecular flexibility index (Phi) is 7.66. The van der Waals surface area contributed by atoms with Gasteiger partial charge in [-0.2, -0.15) is 0 Å². The second kappa shape index (κ2) is 8.72. The number of amides is 1. The Hall–Kier alpha value is -0.380. The summed E-state index contributed by atoms with van der Waals surface area (Å²) >= 11 is 12.7. The topological polar surface area (TPSA) is 29.1 Å². The molecule has 1 unspecified atom stereocenters. The molecule has 0 heterocycles. The molecule has 0 spiro atoms. The van der Waals surface area contributed by atoms with Crippen LogP contribution in [0.5, 0.6) is 0 Å². The van der Waals surface area contributed by atoms with E-state index in [1.54, 1.807) is 0 Å². The lowest BCUT2D eigenvalue weighted by atomic mass is 10.0. The largest absolute Gasteiger partial charge is 0.347 e. The number of hydrogen-bond donors (Lipinski definition) is 1. The summed E-state index contributed by atoms with van der Waals surface area (Å²) in [5.41, 5.74) is 1.24. The van der Waals surface area contributed by atoms with Crippen molar-refractivity contribution in [1.29, 1.82) is 0 Å². The molecule has 0 aliphatic carbocycles. The van der Waals surface area contributed by atoms with Gasteiger partial charge in [0.05, 0.1) is 0 Å². The first kappa shape index (κ1) is 16.7. The Balaban J connectivity index is 2.42. The van der Waals surface area contributed by atoms with Crippen LogP contribution in [0.1, 0.15) is 31.7 Å². The average molecular weight is 320 g/mol. The Morgan fingerprint density at radius 1 is 1.42 bits per heavy atom. The van der Waals surface area contributed by atoms with Crippen molar-refractivity contribution in [3.63, 3.8) is 0 Å². The van der Waals surface area contributed by atoms with Crippen molar-refractivity contribution in [2.24, 2.45) is 0 Å². The van der Waals surface area contributed by atoms with Gasteiger partial charge in [-0.05, 0) is 41.8 Å². The maximum absolute atomic E-state index is 11.7. The van der Waals surface area contributed by atoms with Crippen molar-refractivity contribution in [3.8, 4) is 0 Å². The van der Waals surface area contributed by atoms with Crippen LogP contribution in [0.2, 0.25) is 0 Å². The van der Waals surface area contributed by atoms with E-state index in [1.165, 1.54) is 17.3 Å². The molecule has 2 nitrogen and oxygen atoms in total. The summed E-state index contributed by atoms with van der Waals surface area (Å²) in [5, 5.41) is 2.68. The number of alkyl halides is 2. The fourth-order valence-electron chi connectivity index (χ4n) is 1.49. The van der Waals surface area contributed by atoms with Gasteiger partial charge in [-0.1, -0.05) is 26.0 Å². The van der Waals surface area contributed by atoms with E-state index < -0.39 is 0 Å². The number of hydrogen-bond acceptors (Lipinski definition) is 2. The van der Waals surface area contributed by atoms with Gasteiger partial charge < -0.3 is 5.32 Å². The SMILES string of the molecule is CC(C)c1cccc(SC(=O)NCCC(Cl)CCl)c1. The zero-order chi connectivity index (χ0) is 14.3. The molecule has 1 aromatic rings. The average Bonchev–Trinajstić information content (AvgIpc) is 2.38. The van der Waals surface area contributed by atoms with Crippen LogP contribution in [-0.4, -0.2) is 23.0 Å². The molecule has 0 fully saturated rings. The maximum atomic E-state index is 11.7. The normalized spacial score (nSPS) is 12.5. The summed E-state index contributed by atoms with van der Waals surface area (Å²) in [5.74, 6) is 0.866. The molecule has 1 N–H and O–H groups in total. The first-order chi connectivity index (χ1) is 9.02. The van der Waals surface area contributed by atoms with Crippen LogP contribution in [0.4, 0.5) is 4.79 Å². The van der Waals surface area contributed by atoms with E-state index in [2.05, 4.69) is 31.3 Å². The number of rotatable bonds is 6. The molecule has 106 valence electrons. The van der Waals surface area contributed by atoms with Crippen LogP contribution in [-0.2, 0) is 0 Å². The highest BCUT2D eigenvalue weighted by Crippen LogP contribution is 2.23. The van der Waals surface area contributed by atoms with E-state index in [1.807, 2.05) is 12.1 Å². The van der Waals surface area contributed by atoms with Gasteiger partial charge in [-0.15, -0.1) is 23.2 Å². The molecule has 0 aromatic heterocycles. The van der Waals surface area contributed by atoms with Crippen molar-refractivity contribution in [2.45, 2.75) is 36.5 Å². The first-order valence-corrected chi connectivity index (χ1v) is 8.07. The van der Waals surface area contributed by atoms with Gasteiger partial charge in [0.1, 0.15) is 0 Å². The molecular formula is C14H19Cl2NOS. The van der Waals surface area contributed by atoms with Crippen LogP contribution >= 0.6 is 35.0 Å². The van der Waals surface area contributed by atoms with Crippen LogP contribution < -0.4 is 5.32 Å². The molecule has 0 bridgehead atoms. The number of thioether (sulfide) groups is 1. The van der Waals surface area contributed by atoms with Gasteiger partial charge >= 0.3 is 0 Å². The second-order valence-corrected chi connectivity index (χ2v) is 6.56. The maximum Gasteiger partial charge on any atom is 0.283 e. The van der Waals surface area contributed by atoms with Gasteiger partial charge in [0.15, 0.2) is 0 Å². The number of benzene rings is 1. The quantitative estimate of drug-likeness (QED) is 0.600. The minimum atomic E-state index is -0.0868. The lowest BCUT2D eigenvalue weighted by Gasteiger charge is -2.09. The second-order valence-electron chi connectivity index (χ2n) is 4.58. The van der Waals surface area contributed by atoms with Crippen molar-refractivity contribution < 1.29 is 4.79 Å². The standard InChI is InChI=1S/C14H19Cl2NOS/c1-10(2)11-4-3-5-13(8-11)19-14(18)17-7-6-12(16)9-15/h3-5,8,10,12H,6-7,9H2,1-2H3,(H,17,18). The Labute approximate surface area is 129 Å². The minimum absolute atomic E-state index is 0.0562. The Bertz CT molecular complexity index is 412. The summed E-state index contributed by atoms with van der Waals surface area (Å²) in [6, 6.07) is 8.05. The van der Waals surface area contributed by atoms with E-state index in [0.717, 1.165) is 4.90 Å². The van der Waals surface area contributed by atoms with Crippen molar-refractivity contribution in [3.05, 3.63) is 29.8 Å². The van der Waals surface area contributed by atoms with Gasteiger partial charge in [-0.25, -0.2) is 0 Å². The summed E-state index contributed by atoms with van der Waals surface area (Å²) < 4.78 is 0. The molecule has 1 atom stereocenters. The Morgan fingerprint density at radius 3 is 2.79 bits per heavy atom. The van der Waals surface area contributed by atoms with Crippen LogP contribution in [0, 0.1) is 0 Å². The molecular weight excluding hydrogens is 301 g/mol. The fraction of sp³-hybridized carbons (Fsp3) is 0.500. The lowest BCUT2D eigenvalue weighted by Crippen LogP contribution is -2.22. The van der Waals surface area contributed by atoms with Crippen LogP contribution in [0.25, 0.3) is 0 Å². The summed E-state index contributed by atoms with van der Waals surface area (Å²) in [7, 11) is 0. The fourth-order valence-corrected chi connectivity index (χ4v) is 2.48. The van der Waals surface area contributed by atoms with Gasteiger partial charge in [0.25, 0.3) is 5.24 Å². The molecule has 1 amide bonds. The molecule has 1 rings (SSSR count). The molecule has 1 aromatic carbocycles. The van der Waals surface area contributed by atoms with E-state index in [0.29, 0.717) is 24.8 Å². The van der Waals surface area contributed by atoms with Gasteiger partial charge in [0, 0.05) is 22.7 Å². The minimum Gasteiger partial charge on any atom is -0.347 e. The van der Waals surface area contributed by atoms with E-state index >= 15 is 0 Å². The van der Waals surface area contributed by atoms with E-state index in [4.69, 9.17) is 23.2 Å². The van der Waals surface area contributed by atoms with Crippen LogP contribution in [0.15, 0.2) is 29.2 Å². The van der Waals surface area contributed by atoms with E-state index in [-0.39, 0.29) is 10.6 Å². The number of carbonyl (C=O) groups is 1. The smallest absolute Gasteiger partial charge is 0.283 e. The summed E-state index contributed by atoms with van der Waals surface area (Å²) in [4.78, 5) is 12.7. The molecule has 0 saturated carbocycles. The summed E-state index contributed by atoms with van der Waals surface area (Å²) in [6.07, 6.45) is 0.684. The molecule has 0 aliphatic rings. The molecule has 5 heteroatoms. The summed E-state index contributed by atoms with van der Waals surface area (Å²) in [6.45, 7) is 4.82. The monoisotopic (exact) mass is 319 g/mol. The number of nitrogens with one attached hydrogen (secondary N) is 1. The predicted molar refractivity (Wildman–Crippen MR) is 84.8 cm³/mol. The Morgan fingerprint density at radius 2 is 2.16 bits per heavy atom. The molecule has 19 heavy (non-hydrogen) atoms. The third-order valence-electron chi connectivity index (χ3n) is 2.63. The number of halogens is 2. The van der Waals surface area contributed by atoms with Crippen molar-refractivity contribution in [1.82, 2.24) is 5.32 Å². The highest BCUT2D eigenvalue weighted by molar-refractivity contribution is 8.13. The molecule has 0 aliphatic heterocycles. The molecule has 0 radical (unpaired) electrons. The van der Waals surface area contributed by atoms with Gasteiger partial charge in [-0.3, -0.25) is 4.79 Å². The van der Waals surface area contributed by atoms with E-state index in [9.17, 15) is 4.79 Å². The van der Waals surface area contributed by atoms with Gasteiger partial charge in [0.2, 0.25) is 0 Å². The van der Waals surface area contributed by atoms with Crippen molar-refractivity contribution in [2.75, 3.05) is 12.4 Å². The first-order valence-electron chi connectivity index (χ1n) is 6.28. The zero-order valence-electron chi connectivity index (χ0n) is 11.2. The molecule has 0 saturated heterocycles. The van der Waals surface area contributed by atoms with Crippen molar-refractivity contribution >= 4 is 40.2 Å². The number of carbonyl (C=O) groups excluding carboxylic acids is 1. The highest BCUT2D eigenvalue weighted by atomic mass is 35.5. The predicted octanol–water partition coefficient (Wildman–Crippen LogP) is 4.85. The zero-order valence-corrected chi connectivity index (χ0v) is 13.5. The third-order valence-corrected chi connectivity index (χ3v) is 4.35. The lowest BCUT2D eigenvalue weighted by molar-refractivity contribution is 0.260.